The summed E-state index contributed by atoms with van der Waals surface area (Å²) in [5.74, 6) is 0.0206. The van der Waals surface area contributed by atoms with E-state index in [1.165, 1.54) is 0 Å². The topological polar surface area (TPSA) is 29.1 Å². The number of Topliss-reactive ketones (excluding diaryl/α,β-unsaturated/α-hetero) is 1. The van der Waals surface area contributed by atoms with Gasteiger partial charge in [-0.3, -0.25) is 4.79 Å². The zero-order valence-corrected chi connectivity index (χ0v) is 11.1. The maximum absolute atomic E-state index is 12.0. The van der Waals surface area contributed by atoms with Gasteiger partial charge in [0, 0.05) is 11.6 Å². The minimum absolute atomic E-state index is 0.0206. The molecule has 0 saturated heterocycles. The highest BCUT2D eigenvalue weighted by Crippen LogP contribution is 2.23. The first-order valence-electron chi connectivity index (χ1n) is 5.17. The van der Waals surface area contributed by atoms with Gasteiger partial charge in [-0.15, -0.1) is 0 Å². The Morgan fingerprint density at radius 1 is 1.19 bits per heavy atom. The summed E-state index contributed by atoms with van der Waals surface area (Å²) < 4.78 is 0. The van der Waals surface area contributed by atoms with Gasteiger partial charge in [0.15, 0.2) is 5.78 Å². The minimum atomic E-state index is -0.225. The number of hydrogen-bond donors (Lipinski definition) is 1. The number of halogens is 2. The molecule has 16 heavy (non-hydrogen) atoms. The molecule has 0 aliphatic carbocycles. The highest BCUT2D eigenvalue weighted by Gasteiger charge is 2.16. The average Bonchev–Trinajstić information content (AvgIpc) is 2.20. The second kappa shape index (κ2) is 5.67. The minimum Gasteiger partial charge on any atom is -0.305 e. The number of ketones is 1. The monoisotopic (exact) mass is 259 g/mol. The molecule has 88 valence electrons. The smallest absolute Gasteiger partial charge is 0.179 e. The van der Waals surface area contributed by atoms with Crippen LogP contribution in [-0.4, -0.2) is 17.9 Å². The SMILES string of the molecule is CC(C)NC(C)C(=O)c1ccc(Cl)c(Cl)c1. The molecule has 1 rings (SSSR count). The third-order valence-corrected chi connectivity index (χ3v) is 2.92. The molecule has 0 radical (unpaired) electrons. The highest BCUT2D eigenvalue weighted by atomic mass is 35.5. The Bertz CT molecular complexity index is 391. The van der Waals surface area contributed by atoms with Gasteiger partial charge in [-0.2, -0.15) is 0 Å². The van der Waals surface area contributed by atoms with E-state index >= 15 is 0 Å². The lowest BCUT2D eigenvalue weighted by atomic mass is 10.1. The van der Waals surface area contributed by atoms with Crippen molar-refractivity contribution >= 4 is 29.0 Å². The maximum Gasteiger partial charge on any atom is 0.179 e. The number of nitrogens with one attached hydrogen (secondary N) is 1. The first-order chi connectivity index (χ1) is 7.41. The Morgan fingerprint density at radius 3 is 2.31 bits per heavy atom. The Labute approximate surface area is 106 Å². The van der Waals surface area contributed by atoms with E-state index in [0.717, 1.165) is 0 Å². The molecule has 0 bridgehead atoms. The van der Waals surface area contributed by atoms with Crippen LogP contribution in [0.3, 0.4) is 0 Å². The zero-order valence-electron chi connectivity index (χ0n) is 9.55. The van der Waals surface area contributed by atoms with Crippen LogP contribution in [0, 0.1) is 0 Å². The summed E-state index contributed by atoms with van der Waals surface area (Å²) in [7, 11) is 0. The van der Waals surface area contributed by atoms with Gasteiger partial charge in [0.2, 0.25) is 0 Å². The molecule has 1 atom stereocenters. The lowest BCUT2D eigenvalue weighted by Crippen LogP contribution is -2.38. The Balaban J connectivity index is 2.84. The van der Waals surface area contributed by atoms with Crippen LogP contribution in [0.15, 0.2) is 18.2 Å². The molecule has 1 aromatic rings. The lowest BCUT2D eigenvalue weighted by Gasteiger charge is -2.15. The van der Waals surface area contributed by atoms with E-state index in [9.17, 15) is 4.79 Å². The van der Waals surface area contributed by atoms with Crippen molar-refractivity contribution in [3.8, 4) is 0 Å². The van der Waals surface area contributed by atoms with Crippen molar-refractivity contribution in [3.63, 3.8) is 0 Å². The molecule has 0 aliphatic rings. The van der Waals surface area contributed by atoms with Gasteiger partial charge < -0.3 is 5.32 Å². The van der Waals surface area contributed by atoms with E-state index in [-0.39, 0.29) is 17.9 Å². The summed E-state index contributed by atoms with van der Waals surface area (Å²) in [4.78, 5) is 12.0. The van der Waals surface area contributed by atoms with Gasteiger partial charge in [-0.05, 0) is 25.1 Å². The lowest BCUT2D eigenvalue weighted by molar-refractivity contribution is 0.0946. The normalized spacial score (nSPS) is 12.9. The molecular formula is C12H15Cl2NO. The fourth-order valence-corrected chi connectivity index (χ4v) is 1.77. The van der Waals surface area contributed by atoms with Crippen molar-refractivity contribution in [2.45, 2.75) is 32.9 Å². The molecule has 0 spiro atoms. The second-order valence-corrected chi connectivity index (χ2v) is 4.85. The van der Waals surface area contributed by atoms with Gasteiger partial charge in [0.05, 0.1) is 16.1 Å². The fourth-order valence-electron chi connectivity index (χ4n) is 1.48. The summed E-state index contributed by atoms with van der Waals surface area (Å²) >= 11 is 11.7. The molecule has 0 fully saturated rings. The first-order valence-corrected chi connectivity index (χ1v) is 5.92. The number of carbonyl (C=O) groups is 1. The predicted molar refractivity (Wildman–Crippen MR) is 68.5 cm³/mol. The number of rotatable bonds is 4. The van der Waals surface area contributed by atoms with E-state index in [1.807, 2.05) is 20.8 Å². The van der Waals surface area contributed by atoms with Crippen molar-refractivity contribution in [3.05, 3.63) is 33.8 Å². The standard InChI is InChI=1S/C12H15Cl2NO/c1-7(2)15-8(3)12(16)9-4-5-10(13)11(14)6-9/h4-8,15H,1-3H3. The maximum atomic E-state index is 12.0. The van der Waals surface area contributed by atoms with Gasteiger partial charge in [0.1, 0.15) is 0 Å². The van der Waals surface area contributed by atoms with Crippen LogP contribution in [-0.2, 0) is 0 Å². The number of carbonyl (C=O) groups excluding carboxylic acids is 1. The number of benzene rings is 1. The average molecular weight is 260 g/mol. The van der Waals surface area contributed by atoms with Crippen molar-refractivity contribution in [2.75, 3.05) is 0 Å². The fraction of sp³-hybridized carbons (Fsp3) is 0.417. The van der Waals surface area contributed by atoms with Gasteiger partial charge in [0.25, 0.3) is 0 Å². The van der Waals surface area contributed by atoms with Gasteiger partial charge in [-0.25, -0.2) is 0 Å². The summed E-state index contributed by atoms with van der Waals surface area (Å²) in [6.07, 6.45) is 0. The first kappa shape index (κ1) is 13.5. The Kier molecular flexibility index (Phi) is 4.78. The van der Waals surface area contributed by atoms with Crippen LogP contribution in [0.25, 0.3) is 0 Å². The van der Waals surface area contributed by atoms with Gasteiger partial charge in [-0.1, -0.05) is 37.0 Å². The molecule has 1 aromatic carbocycles. The third kappa shape index (κ3) is 3.48. The Hall–Kier alpha value is -0.570. The molecule has 1 N–H and O–H groups in total. The highest BCUT2D eigenvalue weighted by molar-refractivity contribution is 6.42. The molecule has 2 nitrogen and oxygen atoms in total. The molecule has 0 amide bonds. The van der Waals surface area contributed by atoms with Gasteiger partial charge >= 0.3 is 0 Å². The van der Waals surface area contributed by atoms with E-state index in [1.54, 1.807) is 18.2 Å². The molecule has 0 saturated carbocycles. The van der Waals surface area contributed by atoms with Crippen LogP contribution in [0.4, 0.5) is 0 Å². The molecule has 0 heterocycles. The number of hydrogen-bond acceptors (Lipinski definition) is 2. The van der Waals surface area contributed by atoms with Crippen LogP contribution in [0.5, 0.6) is 0 Å². The molecule has 4 heteroatoms. The van der Waals surface area contributed by atoms with E-state index in [2.05, 4.69) is 5.32 Å². The molecule has 1 unspecified atom stereocenters. The van der Waals surface area contributed by atoms with Crippen LogP contribution >= 0.6 is 23.2 Å². The molecule has 0 aliphatic heterocycles. The van der Waals surface area contributed by atoms with Crippen LogP contribution in [0.1, 0.15) is 31.1 Å². The van der Waals surface area contributed by atoms with E-state index < -0.39 is 0 Å². The molecular weight excluding hydrogens is 245 g/mol. The Morgan fingerprint density at radius 2 is 1.81 bits per heavy atom. The van der Waals surface area contributed by atoms with Crippen molar-refractivity contribution in [1.29, 1.82) is 0 Å². The van der Waals surface area contributed by atoms with Crippen molar-refractivity contribution < 1.29 is 4.79 Å². The quantitative estimate of drug-likeness (QED) is 0.838. The summed E-state index contributed by atoms with van der Waals surface area (Å²) in [6.45, 7) is 5.84. The summed E-state index contributed by atoms with van der Waals surface area (Å²) in [5.41, 5.74) is 0.579. The van der Waals surface area contributed by atoms with Crippen LogP contribution in [0.2, 0.25) is 10.0 Å². The van der Waals surface area contributed by atoms with Crippen molar-refractivity contribution in [1.82, 2.24) is 5.32 Å². The second-order valence-electron chi connectivity index (χ2n) is 4.04. The summed E-state index contributed by atoms with van der Waals surface area (Å²) in [5, 5.41) is 4.02. The predicted octanol–water partition coefficient (Wildman–Crippen LogP) is 3.56. The summed E-state index contributed by atoms with van der Waals surface area (Å²) in [6, 6.07) is 4.97. The zero-order chi connectivity index (χ0) is 12.3. The van der Waals surface area contributed by atoms with E-state index in [0.29, 0.717) is 15.6 Å². The molecule has 0 aromatic heterocycles. The largest absolute Gasteiger partial charge is 0.305 e. The third-order valence-electron chi connectivity index (χ3n) is 2.18. The van der Waals surface area contributed by atoms with Crippen molar-refractivity contribution in [2.24, 2.45) is 0 Å². The van der Waals surface area contributed by atoms with Crippen LogP contribution < -0.4 is 5.32 Å². The van der Waals surface area contributed by atoms with E-state index in [4.69, 9.17) is 23.2 Å².